The molecule has 2 N–H and O–H groups in total. The highest BCUT2D eigenvalue weighted by Crippen LogP contribution is 2.29. The zero-order valence-corrected chi connectivity index (χ0v) is 11.5. The van der Waals surface area contributed by atoms with Gasteiger partial charge in [-0.2, -0.15) is 0 Å². The minimum absolute atomic E-state index is 0.156. The summed E-state index contributed by atoms with van der Waals surface area (Å²) in [5.41, 5.74) is 8.06. The van der Waals surface area contributed by atoms with Gasteiger partial charge in [0.05, 0.1) is 12.1 Å². The topological polar surface area (TPSA) is 53.1 Å². The van der Waals surface area contributed by atoms with E-state index in [1.165, 1.54) is 0 Å². The van der Waals surface area contributed by atoms with Gasteiger partial charge in [-0.05, 0) is 24.5 Å². The molecule has 1 aromatic carbocycles. The van der Waals surface area contributed by atoms with Gasteiger partial charge in [-0.15, -0.1) is 0 Å². The van der Waals surface area contributed by atoms with Gasteiger partial charge in [0.25, 0.3) is 0 Å². The number of nitrogen functional groups attached to an aromatic ring is 1. The van der Waals surface area contributed by atoms with Crippen molar-refractivity contribution in [3.8, 4) is 5.75 Å². The molecule has 2 rings (SSSR count). The van der Waals surface area contributed by atoms with Crippen LogP contribution in [0.5, 0.6) is 5.75 Å². The van der Waals surface area contributed by atoms with Crippen LogP contribution in [0.3, 0.4) is 0 Å². The number of nitrogens with zero attached hydrogens (tertiary/aromatic N) is 2. The van der Waals surface area contributed by atoms with Gasteiger partial charge in [0.2, 0.25) is 5.95 Å². The van der Waals surface area contributed by atoms with E-state index >= 15 is 0 Å². The van der Waals surface area contributed by atoms with Gasteiger partial charge in [0, 0.05) is 6.54 Å². The molecule has 1 heterocycles. The molecule has 18 heavy (non-hydrogen) atoms. The number of ether oxygens (including phenoxy) is 1. The van der Waals surface area contributed by atoms with Crippen LogP contribution in [-0.4, -0.2) is 16.2 Å². The fraction of sp³-hybridized carbons (Fsp3) is 0.500. The van der Waals surface area contributed by atoms with E-state index in [1.54, 1.807) is 0 Å². The van der Waals surface area contributed by atoms with Crippen LogP contribution in [0.25, 0.3) is 11.0 Å². The summed E-state index contributed by atoms with van der Waals surface area (Å²) in [5.74, 6) is 1.35. The largest absolute Gasteiger partial charge is 0.492 e. The number of imidazole rings is 1. The number of hydrogen-bond donors (Lipinski definition) is 1. The van der Waals surface area contributed by atoms with Crippen LogP contribution in [0.4, 0.5) is 5.95 Å². The van der Waals surface area contributed by atoms with E-state index in [1.807, 2.05) is 25.1 Å². The van der Waals surface area contributed by atoms with Crippen molar-refractivity contribution < 1.29 is 4.74 Å². The maximum absolute atomic E-state index is 6.02. The molecular weight excluding hydrogens is 226 g/mol. The number of fused-ring (bicyclic) bond motifs is 1. The Bertz CT molecular complexity index is 552. The van der Waals surface area contributed by atoms with Crippen molar-refractivity contribution in [3.63, 3.8) is 0 Å². The van der Waals surface area contributed by atoms with E-state index in [4.69, 9.17) is 10.5 Å². The SMILES string of the molecule is CCOc1cccc2c1nc(N)n2CC(C)(C)C. The summed E-state index contributed by atoms with van der Waals surface area (Å²) in [6.07, 6.45) is 0. The molecule has 1 aromatic heterocycles. The molecule has 4 heteroatoms. The van der Waals surface area contributed by atoms with Crippen molar-refractivity contribution in [1.82, 2.24) is 9.55 Å². The van der Waals surface area contributed by atoms with E-state index in [2.05, 4.69) is 30.3 Å². The third-order valence-corrected chi connectivity index (χ3v) is 2.70. The first-order valence-corrected chi connectivity index (χ1v) is 6.30. The van der Waals surface area contributed by atoms with Crippen molar-refractivity contribution in [2.24, 2.45) is 5.41 Å². The van der Waals surface area contributed by atoms with Crippen molar-refractivity contribution in [1.29, 1.82) is 0 Å². The molecule has 2 aromatic rings. The van der Waals surface area contributed by atoms with Crippen LogP contribution < -0.4 is 10.5 Å². The second-order valence-corrected chi connectivity index (χ2v) is 5.67. The first-order valence-electron chi connectivity index (χ1n) is 6.30. The average molecular weight is 247 g/mol. The summed E-state index contributed by atoms with van der Waals surface area (Å²) in [5, 5.41) is 0. The van der Waals surface area contributed by atoms with E-state index in [0.29, 0.717) is 12.6 Å². The minimum atomic E-state index is 0.156. The summed E-state index contributed by atoms with van der Waals surface area (Å²) in [6.45, 7) is 9.99. The quantitative estimate of drug-likeness (QED) is 0.907. The normalized spacial score (nSPS) is 12.0. The highest BCUT2D eigenvalue weighted by Gasteiger charge is 2.17. The van der Waals surface area contributed by atoms with Crippen molar-refractivity contribution >= 4 is 17.0 Å². The average Bonchev–Trinajstić information content (AvgIpc) is 2.56. The fourth-order valence-electron chi connectivity index (χ4n) is 2.05. The molecule has 0 aliphatic carbocycles. The van der Waals surface area contributed by atoms with E-state index in [9.17, 15) is 0 Å². The number of benzene rings is 1. The maximum Gasteiger partial charge on any atom is 0.201 e. The first kappa shape index (κ1) is 12.7. The second kappa shape index (κ2) is 4.52. The summed E-state index contributed by atoms with van der Waals surface area (Å²) in [7, 11) is 0. The van der Waals surface area contributed by atoms with Crippen LogP contribution >= 0.6 is 0 Å². The Hall–Kier alpha value is -1.71. The van der Waals surface area contributed by atoms with Gasteiger partial charge in [-0.3, -0.25) is 0 Å². The molecule has 0 unspecified atom stereocenters. The molecule has 0 atom stereocenters. The lowest BCUT2D eigenvalue weighted by Gasteiger charge is -2.20. The molecule has 0 saturated carbocycles. The lowest BCUT2D eigenvalue weighted by molar-refractivity contribution is 0.343. The molecule has 4 nitrogen and oxygen atoms in total. The zero-order chi connectivity index (χ0) is 13.3. The highest BCUT2D eigenvalue weighted by molar-refractivity contribution is 5.84. The predicted octanol–water partition coefficient (Wildman–Crippen LogP) is 3.06. The second-order valence-electron chi connectivity index (χ2n) is 5.67. The van der Waals surface area contributed by atoms with E-state index in [0.717, 1.165) is 23.3 Å². The van der Waals surface area contributed by atoms with E-state index in [-0.39, 0.29) is 5.41 Å². The third kappa shape index (κ3) is 2.42. The maximum atomic E-state index is 6.02. The number of anilines is 1. The predicted molar refractivity (Wildman–Crippen MR) is 74.8 cm³/mol. The molecule has 0 amide bonds. The Morgan fingerprint density at radius 1 is 1.33 bits per heavy atom. The number of para-hydroxylation sites is 1. The van der Waals surface area contributed by atoms with Crippen LogP contribution in [0.15, 0.2) is 18.2 Å². The smallest absolute Gasteiger partial charge is 0.201 e. The Labute approximate surface area is 108 Å². The minimum Gasteiger partial charge on any atom is -0.492 e. The van der Waals surface area contributed by atoms with Crippen LogP contribution in [-0.2, 0) is 6.54 Å². The molecule has 0 saturated heterocycles. The summed E-state index contributed by atoms with van der Waals surface area (Å²) in [6, 6.07) is 5.94. The van der Waals surface area contributed by atoms with Gasteiger partial charge < -0.3 is 15.0 Å². The number of nitrogens with two attached hydrogens (primary N) is 1. The lowest BCUT2D eigenvalue weighted by atomic mass is 9.97. The monoisotopic (exact) mass is 247 g/mol. The van der Waals surface area contributed by atoms with Crippen LogP contribution in [0.2, 0.25) is 0 Å². The van der Waals surface area contributed by atoms with Crippen molar-refractivity contribution in [2.45, 2.75) is 34.2 Å². The molecule has 0 fully saturated rings. The van der Waals surface area contributed by atoms with Gasteiger partial charge in [0.1, 0.15) is 11.3 Å². The highest BCUT2D eigenvalue weighted by atomic mass is 16.5. The molecule has 98 valence electrons. The molecule has 0 aliphatic heterocycles. The molecule has 0 radical (unpaired) electrons. The molecule has 0 spiro atoms. The van der Waals surface area contributed by atoms with Crippen molar-refractivity contribution in [3.05, 3.63) is 18.2 Å². The number of rotatable bonds is 3. The number of aromatic nitrogens is 2. The Morgan fingerprint density at radius 3 is 2.67 bits per heavy atom. The first-order chi connectivity index (χ1) is 8.42. The van der Waals surface area contributed by atoms with Gasteiger partial charge in [0.15, 0.2) is 0 Å². The Balaban J connectivity index is 2.55. The van der Waals surface area contributed by atoms with Crippen LogP contribution in [0, 0.1) is 5.41 Å². The molecule has 0 bridgehead atoms. The lowest BCUT2D eigenvalue weighted by Crippen LogP contribution is -2.17. The molecule has 0 aliphatic rings. The van der Waals surface area contributed by atoms with Crippen LogP contribution in [0.1, 0.15) is 27.7 Å². The van der Waals surface area contributed by atoms with Crippen molar-refractivity contribution in [2.75, 3.05) is 12.3 Å². The summed E-state index contributed by atoms with van der Waals surface area (Å²) in [4.78, 5) is 4.43. The fourth-order valence-corrected chi connectivity index (χ4v) is 2.05. The zero-order valence-electron chi connectivity index (χ0n) is 11.5. The Morgan fingerprint density at radius 2 is 2.06 bits per heavy atom. The van der Waals surface area contributed by atoms with E-state index < -0.39 is 0 Å². The third-order valence-electron chi connectivity index (χ3n) is 2.70. The van der Waals surface area contributed by atoms with Gasteiger partial charge in [-0.1, -0.05) is 26.8 Å². The summed E-state index contributed by atoms with van der Waals surface area (Å²) >= 11 is 0. The Kier molecular flexibility index (Phi) is 3.20. The van der Waals surface area contributed by atoms with Gasteiger partial charge >= 0.3 is 0 Å². The summed E-state index contributed by atoms with van der Waals surface area (Å²) < 4.78 is 7.64. The standard InChI is InChI=1S/C14H21N3O/c1-5-18-11-8-6-7-10-12(11)16-13(15)17(10)9-14(2,3)4/h6-8H,5,9H2,1-4H3,(H2,15,16). The molecular formula is C14H21N3O. The number of hydrogen-bond acceptors (Lipinski definition) is 3. The van der Waals surface area contributed by atoms with Gasteiger partial charge in [-0.25, -0.2) is 4.98 Å².